The van der Waals surface area contributed by atoms with Crippen LogP contribution >= 0.6 is 11.3 Å². The molecule has 1 aromatic heterocycles. The summed E-state index contributed by atoms with van der Waals surface area (Å²) in [5.74, 6) is -0.111. The van der Waals surface area contributed by atoms with Gasteiger partial charge in [0.1, 0.15) is 0 Å². The lowest BCUT2D eigenvalue weighted by molar-refractivity contribution is 0.0959. The molecule has 0 atom stereocenters. The molecular formula is C19H18N2O3S2. The molecule has 3 N–H and O–H groups in total. The number of primary sulfonamides is 1. The third kappa shape index (κ3) is 4.37. The SMILES string of the molecule is NS(=O)(=O)c1ccc(CCNC(=O)c2sccc2-c2ccccc2)cc1. The van der Waals surface area contributed by atoms with Gasteiger partial charge in [-0.05, 0) is 41.1 Å². The van der Waals surface area contributed by atoms with E-state index < -0.39 is 10.0 Å². The third-order valence-electron chi connectivity index (χ3n) is 3.91. The smallest absolute Gasteiger partial charge is 0.261 e. The quantitative estimate of drug-likeness (QED) is 0.682. The van der Waals surface area contributed by atoms with Crippen molar-refractivity contribution in [2.24, 2.45) is 5.14 Å². The molecule has 134 valence electrons. The van der Waals surface area contributed by atoms with Crippen molar-refractivity contribution in [3.63, 3.8) is 0 Å². The lowest BCUT2D eigenvalue weighted by Crippen LogP contribution is -2.25. The number of hydrogen-bond donors (Lipinski definition) is 2. The highest BCUT2D eigenvalue weighted by Crippen LogP contribution is 2.28. The van der Waals surface area contributed by atoms with Gasteiger partial charge in [0.2, 0.25) is 10.0 Å². The first-order valence-corrected chi connectivity index (χ1v) is 10.4. The van der Waals surface area contributed by atoms with Gasteiger partial charge in [0.05, 0.1) is 9.77 Å². The largest absolute Gasteiger partial charge is 0.351 e. The Morgan fingerprint density at radius 3 is 2.35 bits per heavy atom. The molecule has 5 nitrogen and oxygen atoms in total. The predicted octanol–water partition coefficient (Wildman–Crippen LogP) is 3.04. The van der Waals surface area contributed by atoms with E-state index in [4.69, 9.17) is 5.14 Å². The summed E-state index contributed by atoms with van der Waals surface area (Å²) in [6, 6.07) is 18.1. The summed E-state index contributed by atoms with van der Waals surface area (Å²) in [6.07, 6.45) is 0.600. The van der Waals surface area contributed by atoms with Gasteiger partial charge in [-0.2, -0.15) is 0 Å². The Kier molecular flexibility index (Phi) is 5.51. The maximum Gasteiger partial charge on any atom is 0.261 e. The van der Waals surface area contributed by atoms with Gasteiger partial charge in [-0.25, -0.2) is 13.6 Å². The monoisotopic (exact) mass is 386 g/mol. The average molecular weight is 386 g/mol. The highest BCUT2D eigenvalue weighted by Gasteiger charge is 2.14. The second kappa shape index (κ2) is 7.82. The Balaban J connectivity index is 1.61. The van der Waals surface area contributed by atoms with Crippen molar-refractivity contribution < 1.29 is 13.2 Å². The van der Waals surface area contributed by atoms with Gasteiger partial charge in [0.25, 0.3) is 5.91 Å². The van der Waals surface area contributed by atoms with E-state index in [1.807, 2.05) is 41.8 Å². The van der Waals surface area contributed by atoms with Crippen molar-refractivity contribution in [2.45, 2.75) is 11.3 Å². The van der Waals surface area contributed by atoms with Crippen LogP contribution in [0.15, 0.2) is 70.9 Å². The van der Waals surface area contributed by atoms with Gasteiger partial charge in [0.15, 0.2) is 0 Å². The lowest BCUT2D eigenvalue weighted by Gasteiger charge is -2.07. The zero-order valence-electron chi connectivity index (χ0n) is 13.9. The molecule has 0 spiro atoms. The molecule has 1 heterocycles. The first-order chi connectivity index (χ1) is 12.4. The molecule has 0 saturated carbocycles. The van der Waals surface area contributed by atoms with Gasteiger partial charge < -0.3 is 5.32 Å². The van der Waals surface area contributed by atoms with Gasteiger partial charge in [-0.15, -0.1) is 11.3 Å². The third-order valence-corrected chi connectivity index (χ3v) is 5.75. The van der Waals surface area contributed by atoms with Crippen LogP contribution in [0.4, 0.5) is 0 Å². The van der Waals surface area contributed by atoms with Gasteiger partial charge in [-0.3, -0.25) is 4.79 Å². The fourth-order valence-electron chi connectivity index (χ4n) is 2.58. The second-order valence-corrected chi connectivity index (χ2v) is 8.20. The normalized spacial score (nSPS) is 11.3. The summed E-state index contributed by atoms with van der Waals surface area (Å²) in [7, 11) is -3.68. The average Bonchev–Trinajstić information content (AvgIpc) is 3.12. The molecule has 0 radical (unpaired) electrons. The topological polar surface area (TPSA) is 89.3 Å². The van der Waals surface area contributed by atoms with Crippen molar-refractivity contribution in [1.82, 2.24) is 5.32 Å². The minimum absolute atomic E-state index is 0.0800. The molecule has 0 unspecified atom stereocenters. The van der Waals surface area contributed by atoms with E-state index in [1.54, 1.807) is 12.1 Å². The molecule has 7 heteroatoms. The van der Waals surface area contributed by atoms with Gasteiger partial charge in [0, 0.05) is 12.1 Å². The Bertz CT molecular complexity index is 995. The summed E-state index contributed by atoms with van der Waals surface area (Å²) >= 11 is 1.41. The fraction of sp³-hybridized carbons (Fsp3) is 0.105. The minimum atomic E-state index is -3.68. The Labute approximate surface area is 156 Å². The molecule has 0 aliphatic rings. The Morgan fingerprint density at radius 2 is 1.69 bits per heavy atom. The molecule has 1 amide bonds. The molecule has 0 aliphatic carbocycles. The minimum Gasteiger partial charge on any atom is -0.351 e. The number of carbonyl (C=O) groups is 1. The van der Waals surface area contributed by atoms with Crippen LogP contribution in [0.2, 0.25) is 0 Å². The van der Waals surface area contributed by atoms with E-state index in [0.717, 1.165) is 16.7 Å². The number of amides is 1. The zero-order valence-corrected chi connectivity index (χ0v) is 15.5. The Morgan fingerprint density at radius 1 is 1.00 bits per heavy atom. The number of hydrogen-bond acceptors (Lipinski definition) is 4. The number of rotatable bonds is 6. The molecule has 2 aromatic carbocycles. The van der Waals surface area contributed by atoms with Crippen LogP contribution in [0.3, 0.4) is 0 Å². The molecular weight excluding hydrogens is 368 g/mol. The van der Waals surface area contributed by atoms with Crippen molar-refractivity contribution in [1.29, 1.82) is 0 Å². The van der Waals surface area contributed by atoms with E-state index >= 15 is 0 Å². The number of benzene rings is 2. The first kappa shape index (κ1) is 18.3. The van der Waals surface area contributed by atoms with Crippen LogP contribution in [0.5, 0.6) is 0 Å². The number of carbonyl (C=O) groups excluding carboxylic acids is 1. The Hall–Kier alpha value is -2.48. The van der Waals surface area contributed by atoms with Crippen molar-refractivity contribution in [3.05, 3.63) is 76.5 Å². The highest BCUT2D eigenvalue weighted by atomic mass is 32.2. The second-order valence-electron chi connectivity index (χ2n) is 5.72. The van der Waals surface area contributed by atoms with E-state index in [2.05, 4.69) is 5.32 Å². The molecule has 0 bridgehead atoms. The van der Waals surface area contributed by atoms with Crippen LogP contribution in [-0.4, -0.2) is 20.9 Å². The van der Waals surface area contributed by atoms with Gasteiger partial charge in [-0.1, -0.05) is 42.5 Å². The number of nitrogens with one attached hydrogen (secondary N) is 1. The molecule has 0 aliphatic heterocycles. The van der Waals surface area contributed by atoms with E-state index in [-0.39, 0.29) is 10.8 Å². The van der Waals surface area contributed by atoms with Crippen molar-refractivity contribution >= 4 is 27.3 Å². The van der Waals surface area contributed by atoms with Crippen LogP contribution in [0.25, 0.3) is 11.1 Å². The molecule has 0 saturated heterocycles. The van der Waals surface area contributed by atoms with Crippen LogP contribution < -0.4 is 10.5 Å². The highest BCUT2D eigenvalue weighted by molar-refractivity contribution is 7.89. The fourth-order valence-corrected chi connectivity index (χ4v) is 3.92. The maximum atomic E-state index is 12.5. The predicted molar refractivity (Wildman–Crippen MR) is 104 cm³/mol. The molecule has 3 aromatic rings. The summed E-state index contributed by atoms with van der Waals surface area (Å²) < 4.78 is 22.5. The summed E-state index contributed by atoms with van der Waals surface area (Å²) in [6.45, 7) is 0.458. The summed E-state index contributed by atoms with van der Waals surface area (Å²) in [4.78, 5) is 13.2. The number of nitrogens with two attached hydrogens (primary N) is 1. The lowest BCUT2D eigenvalue weighted by atomic mass is 10.1. The van der Waals surface area contributed by atoms with Crippen LogP contribution in [0, 0.1) is 0 Å². The standard InChI is InChI=1S/C19H18N2O3S2/c20-26(23,24)16-8-6-14(7-9-16)10-12-21-19(22)18-17(11-13-25-18)15-4-2-1-3-5-15/h1-9,11,13H,10,12H2,(H,21,22)(H2,20,23,24). The van der Waals surface area contributed by atoms with E-state index in [9.17, 15) is 13.2 Å². The summed E-state index contributed by atoms with van der Waals surface area (Å²) in [5, 5.41) is 9.90. The van der Waals surface area contributed by atoms with Crippen LogP contribution in [-0.2, 0) is 16.4 Å². The molecule has 0 fully saturated rings. The maximum absolute atomic E-state index is 12.5. The number of thiophene rings is 1. The van der Waals surface area contributed by atoms with E-state index in [0.29, 0.717) is 17.8 Å². The van der Waals surface area contributed by atoms with E-state index in [1.165, 1.54) is 23.5 Å². The van der Waals surface area contributed by atoms with Crippen molar-refractivity contribution in [2.75, 3.05) is 6.54 Å². The van der Waals surface area contributed by atoms with Crippen LogP contribution in [0.1, 0.15) is 15.2 Å². The van der Waals surface area contributed by atoms with Gasteiger partial charge >= 0.3 is 0 Å². The zero-order chi connectivity index (χ0) is 18.6. The number of sulfonamides is 1. The summed E-state index contributed by atoms with van der Waals surface area (Å²) in [5.41, 5.74) is 2.86. The molecule has 3 rings (SSSR count). The molecule has 26 heavy (non-hydrogen) atoms. The van der Waals surface area contributed by atoms with Crippen molar-refractivity contribution in [3.8, 4) is 11.1 Å². The first-order valence-electron chi connectivity index (χ1n) is 7.98.